The van der Waals surface area contributed by atoms with E-state index in [0.717, 1.165) is 6.20 Å². The monoisotopic (exact) mass is 318 g/mol. The number of H-pyrrole nitrogens is 1. The van der Waals surface area contributed by atoms with Crippen molar-refractivity contribution < 1.29 is 35.1 Å². The zero-order valence-electron chi connectivity index (χ0n) is 11.0. The minimum atomic E-state index is -2.19. The van der Waals surface area contributed by atoms with E-state index in [1.807, 2.05) is 0 Å². The Hall–Kier alpha value is -2.05. The number of nitrogens with zero attached hydrogens (tertiary/aromatic N) is 1. The number of carbonyl (C=O) groups is 1. The number of hydrogen-bond acceptors (Lipinski definition) is 8. The van der Waals surface area contributed by atoms with Gasteiger partial charge in [-0.25, -0.2) is 9.59 Å². The van der Waals surface area contributed by atoms with Crippen LogP contribution in [-0.4, -0.2) is 66.0 Å². The highest BCUT2D eigenvalue weighted by Gasteiger charge is 2.44. The lowest BCUT2D eigenvalue weighted by Gasteiger charge is -2.18. The summed E-state index contributed by atoms with van der Waals surface area (Å²) in [4.78, 5) is 35.8. The van der Waals surface area contributed by atoms with Gasteiger partial charge in [0.1, 0.15) is 18.3 Å². The van der Waals surface area contributed by atoms with Crippen molar-refractivity contribution >= 4 is 5.97 Å². The molecule has 0 saturated carbocycles. The lowest BCUT2D eigenvalue weighted by molar-refractivity contribution is -0.147. The zero-order chi connectivity index (χ0) is 16.6. The second-order valence-corrected chi connectivity index (χ2v) is 4.72. The quantitative estimate of drug-likeness (QED) is 0.325. The molecule has 1 fully saturated rings. The number of aliphatic hydroxyl groups excluding tert-OH is 4. The van der Waals surface area contributed by atoms with Crippen LogP contribution in [0.4, 0.5) is 0 Å². The van der Waals surface area contributed by atoms with Crippen LogP contribution in [0, 0.1) is 0 Å². The summed E-state index contributed by atoms with van der Waals surface area (Å²) in [5.41, 5.74) is -2.80. The average Bonchev–Trinajstić information content (AvgIpc) is 2.74. The molecule has 11 heteroatoms. The van der Waals surface area contributed by atoms with Crippen LogP contribution in [0.5, 0.6) is 0 Å². The van der Waals surface area contributed by atoms with Crippen molar-refractivity contribution in [3.05, 3.63) is 32.6 Å². The number of aromatic nitrogens is 2. The molecule has 122 valence electrons. The molecular formula is C11H14N2O9. The van der Waals surface area contributed by atoms with Crippen molar-refractivity contribution in [3.8, 4) is 0 Å². The number of aromatic amines is 1. The smallest absolute Gasteiger partial charge is 0.337 e. The van der Waals surface area contributed by atoms with Gasteiger partial charge in [0.2, 0.25) is 0 Å². The number of aliphatic carboxylic acids is 1. The Morgan fingerprint density at radius 3 is 2.50 bits per heavy atom. The molecule has 22 heavy (non-hydrogen) atoms. The van der Waals surface area contributed by atoms with Crippen LogP contribution in [0.1, 0.15) is 17.9 Å². The van der Waals surface area contributed by atoms with Crippen LogP contribution in [0.2, 0.25) is 0 Å². The summed E-state index contributed by atoms with van der Waals surface area (Å²) in [6.45, 7) is -0.628. The van der Waals surface area contributed by atoms with E-state index in [9.17, 15) is 29.7 Å². The summed E-state index contributed by atoms with van der Waals surface area (Å²) in [6.07, 6.45) is -7.17. The predicted molar refractivity (Wildman–Crippen MR) is 66.9 cm³/mol. The molecule has 0 radical (unpaired) electrons. The summed E-state index contributed by atoms with van der Waals surface area (Å²) in [5, 5.41) is 46.6. The van der Waals surface area contributed by atoms with E-state index in [-0.39, 0.29) is 0 Å². The lowest BCUT2D eigenvalue weighted by Crippen LogP contribution is -2.39. The minimum Gasteiger partial charge on any atom is -0.479 e. The van der Waals surface area contributed by atoms with Crippen LogP contribution in [0.25, 0.3) is 0 Å². The normalized spacial score (nSPS) is 29.5. The average molecular weight is 318 g/mol. The first-order chi connectivity index (χ1) is 10.3. The first-order valence-electron chi connectivity index (χ1n) is 6.16. The maximum atomic E-state index is 11.8. The highest BCUT2D eigenvalue weighted by Crippen LogP contribution is 2.28. The van der Waals surface area contributed by atoms with E-state index in [0.29, 0.717) is 4.57 Å². The van der Waals surface area contributed by atoms with Crippen LogP contribution in [0.3, 0.4) is 0 Å². The van der Waals surface area contributed by atoms with Gasteiger partial charge >= 0.3 is 11.7 Å². The van der Waals surface area contributed by atoms with Gasteiger partial charge in [0.05, 0.1) is 12.2 Å². The molecule has 6 N–H and O–H groups in total. The van der Waals surface area contributed by atoms with E-state index >= 15 is 0 Å². The second-order valence-electron chi connectivity index (χ2n) is 4.72. The molecule has 2 heterocycles. The molecule has 0 bridgehead atoms. The molecule has 0 unspecified atom stereocenters. The molecular weight excluding hydrogens is 304 g/mol. The first-order valence-corrected chi connectivity index (χ1v) is 6.16. The zero-order valence-corrected chi connectivity index (χ0v) is 11.0. The van der Waals surface area contributed by atoms with E-state index in [1.54, 1.807) is 4.98 Å². The summed E-state index contributed by atoms with van der Waals surface area (Å²) in [6, 6.07) is 0. The van der Waals surface area contributed by atoms with Crippen LogP contribution < -0.4 is 11.2 Å². The molecule has 1 aliphatic heterocycles. The maximum absolute atomic E-state index is 11.8. The van der Waals surface area contributed by atoms with Crippen molar-refractivity contribution in [1.29, 1.82) is 0 Å². The number of ether oxygens (including phenoxy) is 1. The van der Waals surface area contributed by atoms with Gasteiger partial charge in [-0.05, 0) is 0 Å². The Morgan fingerprint density at radius 1 is 1.36 bits per heavy atom. The van der Waals surface area contributed by atoms with Gasteiger partial charge in [0.15, 0.2) is 12.3 Å². The highest BCUT2D eigenvalue weighted by molar-refractivity contribution is 5.73. The van der Waals surface area contributed by atoms with E-state index in [4.69, 9.17) is 14.9 Å². The summed E-state index contributed by atoms with van der Waals surface area (Å²) in [5.74, 6) is -1.71. The minimum absolute atomic E-state index is 0.628. The van der Waals surface area contributed by atoms with Crippen LogP contribution >= 0.6 is 0 Å². The molecule has 1 aromatic heterocycles. The van der Waals surface area contributed by atoms with Gasteiger partial charge in [-0.2, -0.15) is 0 Å². The molecule has 0 aliphatic carbocycles. The van der Waals surface area contributed by atoms with Gasteiger partial charge in [-0.1, -0.05) is 0 Å². The molecule has 11 nitrogen and oxygen atoms in total. The number of hydrogen-bond donors (Lipinski definition) is 6. The SMILES string of the molecule is O=C(O)[C@@H](O)c1cn([C@@H]2O[C@H](CO)[C@@H](O)[C@H]2O)c(=O)[nH]c1=O. The number of rotatable bonds is 4. The van der Waals surface area contributed by atoms with Crippen molar-refractivity contribution in [2.45, 2.75) is 30.6 Å². The fourth-order valence-electron chi connectivity index (χ4n) is 2.13. The van der Waals surface area contributed by atoms with Crippen LogP contribution in [0.15, 0.2) is 15.8 Å². The van der Waals surface area contributed by atoms with E-state index in [1.165, 1.54) is 0 Å². The molecule has 2 rings (SSSR count). The third-order valence-electron chi connectivity index (χ3n) is 3.32. The largest absolute Gasteiger partial charge is 0.479 e. The second kappa shape index (κ2) is 5.98. The maximum Gasteiger partial charge on any atom is 0.337 e. The Balaban J connectivity index is 2.48. The van der Waals surface area contributed by atoms with Crippen molar-refractivity contribution in [2.24, 2.45) is 0 Å². The number of aliphatic hydroxyl groups is 4. The summed E-state index contributed by atoms with van der Waals surface area (Å²) < 4.78 is 5.73. The highest BCUT2D eigenvalue weighted by atomic mass is 16.6. The molecule has 1 aromatic rings. The molecule has 0 amide bonds. The third-order valence-corrected chi connectivity index (χ3v) is 3.32. The van der Waals surface area contributed by atoms with Gasteiger partial charge in [0, 0.05) is 6.20 Å². The molecule has 1 saturated heterocycles. The standard InChI is InChI=1S/C11H14N2O9/c14-2-4-6(16)7(17)9(22-4)13-1-3(5(15)10(19)20)8(18)12-11(13)21/h1,4-7,9,14-17H,2H2,(H,19,20)(H,12,18,21)/t4-,5+,6-,7-,9-/m1/s1. The first kappa shape index (κ1) is 16.3. The Kier molecular flexibility index (Phi) is 4.44. The van der Waals surface area contributed by atoms with Crippen molar-refractivity contribution in [3.63, 3.8) is 0 Å². The fourth-order valence-corrected chi connectivity index (χ4v) is 2.13. The Morgan fingerprint density at radius 2 is 2.00 bits per heavy atom. The molecule has 0 spiro atoms. The van der Waals surface area contributed by atoms with Gasteiger partial charge in [-0.15, -0.1) is 0 Å². The van der Waals surface area contributed by atoms with E-state index in [2.05, 4.69) is 0 Å². The predicted octanol–water partition coefficient (Wildman–Crippen LogP) is -3.73. The Bertz CT molecular complexity index is 681. The molecule has 1 aliphatic rings. The van der Waals surface area contributed by atoms with Crippen LogP contribution in [-0.2, 0) is 9.53 Å². The fraction of sp³-hybridized carbons (Fsp3) is 0.545. The molecule has 0 aromatic carbocycles. The number of carboxylic acids is 1. The van der Waals surface area contributed by atoms with Gasteiger partial charge in [-0.3, -0.25) is 14.3 Å². The van der Waals surface area contributed by atoms with Gasteiger partial charge < -0.3 is 30.3 Å². The topological polar surface area (TPSA) is 182 Å². The van der Waals surface area contributed by atoms with Crippen molar-refractivity contribution in [2.75, 3.05) is 6.61 Å². The molecule has 5 atom stereocenters. The van der Waals surface area contributed by atoms with Crippen molar-refractivity contribution in [1.82, 2.24) is 9.55 Å². The van der Waals surface area contributed by atoms with E-state index < -0.39 is 60.0 Å². The number of nitrogens with one attached hydrogen (secondary N) is 1. The van der Waals surface area contributed by atoms with Gasteiger partial charge in [0.25, 0.3) is 5.56 Å². The Labute approximate surface area is 121 Å². The summed E-state index contributed by atoms with van der Waals surface area (Å²) in [7, 11) is 0. The number of carboxylic acid groups (broad SMARTS) is 1. The third kappa shape index (κ3) is 2.67. The lowest BCUT2D eigenvalue weighted by atomic mass is 10.1. The summed E-state index contributed by atoms with van der Waals surface area (Å²) >= 11 is 0.